The van der Waals surface area contributed by atoms with E-state index < -0.39 is 11.7 Å². The Kier molecular flexibility index (Phi) is 6.11. The van der Waals surface area contributed by atoms with Gasteiger partial charge in [0.25, 0.3) is 0 Å². The zero-order valence-corrected chi connectivity index (χ0v) is 19.1. The van der Waals surface area contributed by atoms with Crippen LogP contribution >= 0.6 is 0 Å². The van der Waals surface area contributed by atoms with E-state index >= 15 is 0 Å². The molecule has 4 heterocycles. The molecule has 0 amide bonds. The van der Waals surface area contributed by atoms with E-state index in [-0.39, 0.29) is 0 Å². The van der Waals surface area contributed by atoms with Crippen LogP contribution in [0.2, 0.25) is 0 Å². The molecule has 0 fully saturated rings. The Hall–Kier alpha value is -3.94. The normalized spacial score (nSPS) is 13.4. The van der Waals surface area contributed by atoms with Gasteiger partial charge in [0.05, 0.1) is 22.6 Å². The van der Waals surface area contributed by atoms with Crippen LogP contribution in [0.15, 0.2) is 73.1 Å². The van der Waals surface area contributed by atoms with Crippen LogP contribution in [-0.2, 0) is 25.7 Å². The highest BCUT2D eigenvalue weighted by molar-refractivity contribution is 5.75. The smallest absolute Gasteiger partial charge is 0.417 e. The largest absolute Gasteiger partial charge is 0.487 e. The van der Waals surface area contributed by atoms with Crippen LogP contribution < -0.4 is 9.64 Å². The summed E-state index contributed by atoms with van der Waals surface area (Å²) >= 11 is 0. The molecular formula is C27H23F3N4O. The van der Waals surface area contributed by atoms with Crippen molar-refractivity contribution in [3.8, 4) is 17.0 Å². The first-order valence-electron chi connectivity index (χ1n) is 11.3. The predicted molar refractivity (Wildman–Crippen MR) is 127 cm³/mol. The monoisotopic (exact) mass is 476 g/mol. The Bertz CT molecular complexity index is 1340. The number of anilines is 1. The molecule has 0 spiro atoms. The average Bonchev–Trinajstić information content (AvgIpc) is 2.87. The number of ether oxygens (including phenoxy) is 1. The molecule has 0 bridgehead atoms. The third-order valence-corrected chi connectivity index (χ3v) is 5.95. The first kappa shape index (κ1) is 22.8. The minimum absolute atomic E-state index is 0.343. The summed E-state index contributed by atoms with van der Waals surface area (Å²) in [4.78, 5) is 15.1. The number of fused-ring (bicyclic) bond motifs is 1. The van der Waals surface area contributed by atoms with Crippen molar-refractivity contribution < 1.29 is 17.9 Å². The molecule has 35 heavy (non-hydrogen) atoms. The molecule has 0 saturated carbocycles. The van der Waals surface area contributed by atoms with Gasteiger partial charge >= 0.3 is 6.18 Å². The number of aromatic nitrogens is 3. The lowest BCUT2D eigenvalue weighted by Gasteiger charge is -2.31. The SMILES string of the molecule is Cc1cccc(COc2ccc(-c3ncccc3N3CCc4ncc(C(F)(F)F)cc4C3)cc2)n1. The topological polar surface area (TPSA) is 51.1 Å². The van der Waals surface area contributed by atoms with E-state index in [1.807, 2.05) is 61.5 Å². The number of alkyl halides is 3. The van der Waals surface area contributed by atoms with Gasteiger partial charge in [0.2, 0.25) is 0 Å². The van der Waals surface area contributed by atoms with E-state index in [0.29, 0.717) is 43.1 Å². The molecule has 5 rings (SSSR count). The zero-order chi connectivity index (χ0) is 24.4. The molecule has 0 N–H and O–H groups in total. The summed E-state index contributed by atoms with van der Waals surface area (Å²) in [7, 11) is 0. The molecule has 178 valence electrons. The highest BCUT2D eigenvalue weighted by Gasteiger charge is 2.32. The first-order valence-corrected chi connectivity index (χ1v) is 11.3. The Balaban J connectivity index is 1.35. The Morgan fingerprint density at radius 1 is 1.00 bits per heavy atom. The van der Waals surface area contributed by atoms with Crippen LogP contribution in [-0.4, -0.2) is 21.5 Å². The van der Waals surface area contributed by atoms with Crippen molar-refractivity contribution in [3.05, 3.63) is 101 Å². The van der Waals surface area contributed by atoms with Crippen molar-refractivity contribution in [1.82, 2.24) is 15.0 Å². The molecule has 0 unspecified atom stereocenters. The molecule has 5 nitrogen and oxygen atoms in total. The van der Waals surface area contributed by atoms with Gasteiger partial charge in [-0.15, -0.1) is 0 Å². The van der Waals surface area contributed by atoms with E-state index in [1.54, 1.807) is 6.20 Å². The minimum atomic E-state index is -4.41. The van der Waals surface area contributed by atoms with Gasteiger partial charge in [0.1, 0.15) is 12.4 Å². The number of hydrogen-bond donors (Lipinski definition) is 0. The van der Waals surface area contributed by atoms with Crippen molar-refractivity contribution in [2.75, 3.05) is 11.4 Å². The molecule has 8 heteroatoms. The van der Waals surface area contributed by atoms with Crippen LogP contribution in [0.1, 0.15) is 28.2 Å². The maximum Gasteiger partial charge on any atom is 0.417 e. The summed E-state index contributed by atoms with van der Waals surface area (Å²) in [5.74, 6) is 0.715. The van der Waals surface area contributed by atoms with Gasteiger partial charge in [-0.1, -0.05) is 6.07 Å². The minimum Gasteiger partial charge on any atom is -0.487 e. The summed E-state index contributed by atoms with van der Waals surface area (Å²) < 4.78 is 45.4. The molecule has 0 atom stereocenters. The van der Waals surface area contributed by atoms with Crippen molar-refractivity contribution in [2.45, 2.75) is 32.7 Å². The maximum atomic E-state index is 13.2. The third-order valence-electron chi connectivity index (χ3n) is 5.95. The molecule has 0 saturated heterocycles. The molecule has 4 aromatic rings. The molecule has 0 aliphatic carbocycles. The number of pyridine rings is 3. The summed E-state index contributed by atoms with van der Waals surface area (Å²) in [6.07, 6.45) is -1.21. The van der Waals surface area contributed by atoms with Gasteiger partial charge in [-0.05, 0) is 67.1 Å². The number of hydrogen-bond acceptors (Lipinski definition) is 5. The van der Waals surface area contributed by atoms with Crippen molar-refractivity contribution in [1.29, 1.82) is 0 Å². The lowest BCUT2D eigenvalue weighted by atomic mass is 10.0. The van der Waals surface area contributed by atoms with Crippen molar-refractivity contribution >= 4 is 5.69 Å². The Labute approximate surface area is 201 Å². The van der Waals surface area contributed by atoms with E-state index in [4.69, 9.17) is 4.74 Å². The summed E-state index contributed by atoms with van der Waals surface area (Å²) in [5, 5.41) is 0. The molecule has 1 aliphatic rings. The quantitative estimate of drug-likeness (QED) is 0.353. The van der Waals surface area contributed by atoms with Crippen molar-refractivity contribution in [3.63, 3.8) is 0 Å². The zero-order valence-electron chi connectivity index (χ0n) is 19.1. The highest BCUT2D eigenvalue weighted by atomic mass is 19.4. The van der Waals surface area contributed by atoms with Gasteiger partial charge < -0.3 is 9.64 Å². The van der Waals surface area contributed by atoms with Gasteiger partial charge in [-0.25, -0.2) is 0 Å². The van der Waals surface area contributed by atoms with Gasteiger partial charge in [0, 0.05) is 48.9 Å². The second-order valence-electron chi connectivity index (χ2n) is 8.45. The number of halogens is 3. The van der Waals surface area contributed by atoms with Crippen LogP contribution in [0.4, 0.5) is 18.9 Å². The third kappa shape index (κ3) is 5.11. The molecule has 1 aliphatic heterocycles. The highest BCUT2D eigenvalue weighted by Crippen LogP contribution is 2.35. The van der Waals surface area contributed by atoms with E-state index in [0.717, 1.165) is 34.5 Å². The van der Waals surface area contributed by atoms with Crippen molar-refractivity contribution in [2.24, 2.45) is 0 Å². The lowest BCUT2D eigenvalue weighted by molar-refractivity contribution is -0.137. The predicted octanol–water partition coefficient (Wildman–Crippen LogP) is 6.01. The number of benzene rings is 1. The van der Waals surface area contributed by atoms with E-state index in [9.17, 15) is 13.2 Å². The number of nitrogens with zero attached hydrogens (tertiary/aromatic N) is 4. The summed E-state index contributed by atoms with van der Waals surface area (Å²) in [6.45, 7) is 3.30. The fraction of sp³-hybridized carbons (Fsp3) is 0.222. The second kappa shape index (κ2) is 9.37. The fourth-order valence-electron chi connectivity index (χ4n) is 4.21. The van der Waals surface area contributed by atoms with Crippen LogP contribution in [0.5, 0.6) is 5.75 Å². The number of aryl methyl sites for hydroxylation is 1. The molecule has 3 aromatic heterocycles. The Morgan fingerprint density at radius 2 is 1.83 bits per heavy atom. The lowest BCUT2D eigenvalue weighted by Crippen LogP contribution is -2.31. The fourth-order valence-corrected chi connectivity index (χ4v) is 4.21. The number of rotatable bonds is 5. The van der Waals surface area contributed by atoms with Crippen LogP contribution in [0, 0.1) is 6.92 Å². The van der Waals surface area contributed by atoms with Crippen LogP contribution in [0.3, 0.4) is 0 Å². The van der Waals surface area contributed by atoms with Crippen LogP contribution in [0.25, 0.3) is 11.3 Å². The van der Waals surface area contributed by atoms with Gasteiger partial charge in [0.15, 0.2) is 0 Å². The first-order chi connectivity index (χ1) is 16.9. The summed E-state index contributed by atoms with van der Waals surface area (Å²) in [6, 6.07) is 18.4. The average molecular weight is 477 g/mol. The van der Waals surface area contributed by atoms with E-state index in [2.05, 4.69) is 19.9 Å². The van der Waals surface area contributed by atoms with Gasteiger partial charge in [-0.3, -0.25) is 15.0 Å². The Morgan fingerprint density at radius 3 is 2.60 bits per heavy atom. The summed E-state index contributed by atoms with van der Waals surface area (Å²) in [5.41, 5.74) is 4.91. The van der Waals surface area contributed by atoms with Gasteiger partial charge in [-0.2, -0.15) is 13.2 Å². The maximum absolute atomic E-state index is 13.2. The molecule has 1 aromatic carbocycles. The van der Waals surface area contributed by atoms with E-state index in [1.165, 1.54) is 6.07 Å². The molecule has 0 radical (unpaired) electrons. The standard InChI is InChI=1S/C27H23F3N4O/c1-18-4-2-5-22(33-18)17-35-23-9-7-19(8-10-23)26-25(6-3-12-31-26)34-13-11-24-20(16-34)14-21(15-32-24)27(28,29)30/h2-10,12,14-15H,11,13,16-17H2,1H3. The second-order valence-corrected chi connectivity index (χ2v) is 8.45. The molecular weight excluding hydrogens is 453 g/mol.